The van der Waals surface area contributed by atoms with E-state index in [9.17, 15) is 0 Å². The SMILES string of the molecule is [CH2-]CCCCCCCCCCC.[Na+].c1cc2ccc1o2. The van der Waals surface area contributed by atoms with Crippen LogP contribution in [0.5, 0.6) is 0 Å². The molecule has 2 bridgehead atoms. The molecule has 0 unspecified atom stereocenters. The van der Waals surface area contributed by atoms with Crippen LogP contribution in [0.15, 0.2) is 28.7 Å². The van der Waals surface area contributed by atoms with Gasteiger partial charge in [-0.15, -0.1) is 0 Å². The third-order valence-corrected chi connectivity index (χ3v) is 3.41. The Labute approximate surface area is 147 Å². The molecule has 0 saturated heterocycles. The number of hydrogen-bond donors (Lipinski definition) is 0. The molecular weight excluding hydrogens is 255 g/mol. The molecule has 0 aliphatic rings. The van der Waals surface area contributed by atoms with E-state index in [1.165, 1.54) is 57.8 Å². The second-order valence-electron chi connectivity index (χ2n) is 5.26. The van der Waals surface area contributed by atoms with E-state index in [-0.39, 0.29) is 29.6 Å². The molecule has 2 aromatic rings. The van der Waals surface area contributed by atoms with Gasteiger partial charge in [0.05, 0.1) is 0 Å². The predicted molar refractivity (Wildman–Crippen MR) is 84.6 cm³/mol. The molecule has 2 heteroatoms. The zero-order chi connectivity index (χ0) is 13.8. The predicted octanol–water partition coefficient (Wildman–Crippen LogP) is 3.62. The zero-order valence-electron chi connectivity index (χ0n) is 13.5. The number of benzene rings is 1. The molecule has 0 saturated carbocycles. The van der Waals surface area contributed by atoms with Crippen LogP contribution >= 0.6 is 0 Å². The van der Waals surface area contributed by atoms with E-state index in [1.807, 2.05) is 24.3 Å². The van der Waals surface area contributed by atoms with Crippen molar-refractivity contribution in [3.63, 3.8) is 0 Å². The number of furan rings is 2. The van der Waals surface area contributed by atoms with E-state index < -0.39 is 0 Å². The van der Waals surface area contributed by atoms with E-state index in [0.717, 1.165) is 17.6 Å². The van der Waals surface area contributed by atoms with Gasteiger partial charge in [0.1, 0.15) is 11.2 Å². The largest absolute Gasteiger partial charge is 1.00 e. The first kappa shape index (κ1) is 20.0. The Hall–Kier alpha value is 0.0200. The number of hydrogen-bond acceptors (Lipinski definition) is 1. The van der Waals surface area contributed by atoms with Crippen molar-refractivity contribution in [3.05, 3.63) is 31.2 Å². The van der Waals surface area contributed by atoms with Crippen LogP contribution in [0.2, 0.25) is 0 Å². The summed E-state index contributed by atoms with van der Waals surface area (Å²) < 4.78 is 5.08. The molecule has 2 rings (SSSR count). The van der Waals surface area contributed by atoms with Crippen molar-refractivity contribution in [2.24, 2.45) is 0 Å². The molecule has 0 aromatic carbocycles. The molecule has 0 spiro atoms. The number of fused-ring (bicyclic) bond motifs is 2. The Morgan fingerprint density at radius 2 is 1.15 bits per heavy atom. The van der Waals surface area contributed by atoms with Gasteiger partial charge in [-0.25, -0.2) is 0 Å². The Morgan fingerprint density at radius 3 is 1.45 bits per heavy atom. The van der Waals surface area contributed by atoms with Gasteiger partial charge < -0.3 is 11.3 Å². The van der Waals surface area contributed by atoms with Crippen LogP contribution in [0.25, 0.3) is 11.2 Å². The van der Waals surface area contributed by atoms with Crippen molar-refractivity contribution in [3.8, 4) is 0 Å². The fourth-order valence-electron chi connectivity index (χ4n) is 2.20. The van der Waals surface area contributed by atoms with Crippen LogP contribution in [0.3, 0.4) is 0 Å². The van der Waals surface area contributed by atoms with E-state index in [0.29, 0.717) is 0 Å². The third kappa shape index (κ3) is 9.85. The van der Waals surface area contributed by atoms with Crippen LogP contribution in [0.4, 0.5) is 0 Å². The molecule has 0 radical (unpaired) electrons. The Kier molecular flexibility index (Phi) is 14.0. The van der Waals surface area contributed by atoms with E-state index in [1.54, 1.807) is 0 Å². The normalized spacial score (nSPS) is 10.1. The second-order valence-corrected chi connectivity index (χ2v) is 5.26. The van der Waals surface area contributed by atoms with E-state index >= 15 is 0 Å². The monoisotopic (exact) mass is 284 g/mol. The standard InChI is InChI=1S/C12H25.C6H4O.Na/c1-3-5-7-9-11-12-10-8-6-4-2;1-2-6-4-3-5(1)7-6;/h1,3-12H2,2H3;1-4H;/q-1;;+1. The van der Waals surface area contributed by atoms with Crippen LogP contribution in [-0.2, 0) is 0 Å². The summed E-state index contributed by atoms with van der Waals surface area (Å²) in [6, 6.07) is 7.81. The van der Waals surface area contributed by atoms with Gasteiger partial charge in [-0.2, -0.15) is 6.42 Å². The average Bonchev–Trinajstić information content (AvgIpc) is 3.08. The molecule has 108 valence electrons. The fraction of sp³-hybridized carbons (Fsp3) is 0.611. The van der Waals surface area contributed by atoms with Gasteiger partial charge in [-0.1, -0.05) is 64.7 Å². The Morgan fingerprint density at radius 1 is 0.750 bits per heavy atom. The summed E-state index contributed by atoms with van der Waals surface area (Å²) in [5.41, 5.74) is 1.94. The van der Waals surface area contributed by atoms with E-state index in [2.05, 4.69) is 13.8 Å². The van der Waals surface area contributed by atoms with Gasteiger partial charge in [0.15, 0.2) is 0 Å². The topological polar surface area (TPSA) is 13.1 Å². The quantitative estimate of drug-likeness (QED) is 0.389. The molecule has 0 aliphatic carbocycles. The molecule has 2 heterocycles. The summed E-state index contributed by atoms with van der Waals surface area (Å²) in [4.78, 5) is 0. The van der Waals surface area contributed by atoms with Gasteiger partial charge in [0, 0.05) is 0 Å². The summed E-state index contributed by atoms with van der Waals surface area (Å²) >= 11 is 0. The molecule has 0 amide bonds. The first-order chi connectivity index (χ1) is 9.36. The molecule has 2 aromatic heterocycles. The van der Waals surface area contributed by atoms with Gasteiger partial charge in [0.25, 0.3) is 0 Å². The first-order valence-corrected chi connectivity index (χ1v) is 7.94. The van der Waals surface area contributed by atoms with Crippen LogP contribution < -0.4 is 29.6 Å². The average molecular weight is 284 g/mol. The minimum Gasteiger partial charge on any atom is -0.457 e. The van der Waals surface area contributed by atoms with Crippen molar-refractivity contribution < 1.29 is 34.0 Å². The van der Waals surface area contributed by atoms with Crippen LogP contribution in [0.1, 0.15) is 71.1 Å². The molecule has 20 heavy (non-hydrogen) atoms. The number of rotatable bonds is 9. The third-order valence-electron chi connectivity index (χ3n) is 3.41. The maximum Gasteiger partial charge on any atom is 1.00 e. The maximum atomic E-state index is 5.08. The second kappa shape index (κ2) is 14.0. The van der Waals surface area contributed by atoms with Crippen molar-refractivity contribution in [2.75, 3.05) is 0 Å². The number of unbranched alkanes of at least 4 members (excludes halogenated alkanes) is 9. The summed E-state index contributed by atoms with van der Waals surface area (Å²) in [6.45, 7) is 6.12. The zero-order valence-corrected chi connectivity index (χ0v) is 15.5. The van der Waals surface area contributed by atoms with E-state index in [4.69, 9.17) is 4.42 Å². The maximum absolute atomic E-state index is 5.08. The molecule has 0 atom stereocenters. The molecule has 0 aliphatic heterocycles. The van der Waals surface area contributed by atoms with Crippen molar-refractivity contribution in [2.45, 2.75) is 71.1 Å². The minimum atomic E-state index is 0. The molecular formula is C18H29NaO. The summed E-state index contributed by atoms with van der Waals surface area (Å²) in [6.07, 6.45) is 13.9. The van der Waals surface area contributed by atoms with Crippen LogP contribution in [0, 0.1) is 6.92 Å². The summed E-state index contributed by atoms with van der Waals surface area (Å²) in [5.74, 6) is 0. The van der Waals surface area contributed by atoms with Gasteiger partial charge >= 0.3 is 29.6 Å². The van der Waals surface area contributed by atoms with Gasteiger partial charge in [0.2, 0.25) is 0 Å². The van der Waals surface area contributed by atoms with Crippen molar-refractivity contribution in [1.82, 2.24) is 0 Å². The van der Waals surface area contributed by atoms with Crippen molar-refractivity contribution in [1.29, 1.82) is 0 Å². The Balaban J connectivity index is 0.000000378. The van der Waals surface area contributed by atoms with Gasteiger partial charge in [-0.3, -0.25) is 0 Å². The van der Waals surface area contributed by atoms with Crippen LogP contribution in [-0.4, -0.2) is 0 Å². The molecule has 0 fully saturated rings. The van der Waals surface area contributed by atoms with Gasteiger partial charge in [-0.05, 0) is 24.3 Å². The molecule has 0 N–H and O–H groups in total. The van der Waals surface area contributed by atoms with Crippen molar-refractivity contribution >= 4 is 11.2 Å². The molecule has 1 nitrogen and oxygen atoms in total. The minimum absolute atomic E-state index is 0. The first-order valence-electron chi connectivity index (χ1n) is 7.94. The summed E-state index contributed by atoms with van der Waals surface area (Å²) in [5, 5.41) is 0. The smallest absolute Gasteiger partial charge is 0.457 e. The summed E-state index contributed by atoms with van der Waals surface area (Å²) in [7, 11) is 0. The fourth-order valence-corrected chi connectivity index (χ4v) is 2.20. The Bertz CT molecular complexity index is 327.